The molecular formula is C23H25N5O4. The SMILES string of the molecule is COc1cccc(NC2CCN(c3ccc(C(=O)c4nccn4C)cc3[N+](=O)[O-])CC2)c1. The second-order valence-corrected chi connectivity index (χ2v) is 7.79. The highest BCUT2D eigenvalue weighted by Gasteiger charge is 2.27. The van der Waals surface area contributed by atoms with Gasteiger partial charge in [-0.15, -0.1) is 0 Å². The summed E-state index contributed by atoms with van der Waals surface area (Å²) in [5.41, 5.74) is 1.71. The Morgan fingerprint density at radius 3 is 2.66 bits per heavy atom. The van der Waals surface area contributed by atoms with Crippen LogP contribution in [0.1, 0.15) is 29.0 Å². The fourth-order valence-electron chi connectivity index (χ4n) is 4.01. The molecule has 1 aliphatic rings. The van der Waals surface area contributed by atoms with Crippen LogP contribution in [0.3, 0.4) is 0 Å². The van der Waals surface area contributed by atoms with Crippen LogP contribution in [0.2, 0.25) is 0 Å². The van der Waals surface area contributed by atoms with Gasteiger partial charge in [-0.2, -0.15) is 0 Å². The van der Waals surface area contributed by atoms with Gasteiger partial charge in [-0.3, -0.25) is 14.9 Å². The van der Waals surface area contributed by atoms with Gasteiger partial charge in [0.2, 0.25) is 5.78 Å². The molecule has 0 radical (unpaired) electrons. The molecule has 9 heteroatoms. The van der Waals surface area contributed by atoms with Crippen molar-refractivity contribution in [1.82, 2.24) is 9.55 Å². The number of aryl methyl sites for hydroxylation is 1. The molecule has 2 aromatic carbocycles. The number of hydrogen-bond acceptors (Lipinski definition) is 7. The van der Waals surface area contributed by atoms with E-state index in [9.17, 15) is 14.9 Å². The lowest BCUT2D eigenvalue weighted by Crippen LogP contribution is -2.39. The van der Waals surface area contributed by atoms with Crippen LogP contribution in [0.4, 0.5) is 17.1 Å². The first-order chi connectivity index (χ1) is 15.5. The predicted molar refractivity (Wildman–Crippen MR) is 122 cm³/mol. The number of carbonyl (C=O) groups is 1. The smallest absolute Gasteiger partial charge is 0.293 e. The molecule has 0 atom stereocenters. The lowest BCUT2D eigenvalue weighted by Gasteiger charge is -2.34. The van der Waals surface area contributed by atoms with Crippen molar-refractivity contribution in [3.8, 4) is 5.75 Å². The molecule has 32 heavy (non-hydrogen) atoms. The molecule has 0 bridgehead atoms. The standard InChI is InChI=1S/C23H25N5O4/c1-26-13-10-24-23(26)22(29)16-6-7-20(21(14-16)28(30)31)27-11-8-17(9-12-27)25-18-4-3-5-19(15-18)32-2/h3-7,10,13-15,17,25H,8-9,11-12H2,1-2H3. The third-order valence-electron chi connectivity index (χ3n) is 5.73. The second kappa shape index (κ2) is 9.09. The number of piperidine rings is 1. The Labute approximate surface area is 185 Å². The number of methoxy groups -OCH3 is 1. The molecule has 1 fully saturated rings. The van der Waals surface area contributed by atoms with Gasteiger partial charge in [-0.1, -0.05) is 6.07 Å². The summed E-state index contributed by atoms with van der Waals surface area (Å²) in [5, 5.41) is 15.3. The van der Waals surface area contributed by atoms with Gasteiger partial charge >= 0.3 is 0 Å². The molecule has 1 N–H and O–H groups in total. The second-order valence-electron chi connectivity index (χ2n) is 7.79. The van der Waals surface area contributed by atoms with Crippen molar-refractivity contribution >= 4 is 22.8 Å². The minimum absolute atomic E-state index is 0.0655. The van der Waals surface area contributed by atoms with Gasteiger partial charge in [0.15, 0.2) is 5.82 Å². The van der Waals surface area contributed by atoms with E-state index in [0.29, 0.717) is 18.8 Å². The van der Waals surface area contributed by atoms with E-state index in [4.69, 9.17) is 4.74 Å². The van der Waals surface area contributed by atoms with Gasteiger partial charge in [-0.25, -0.2) is 4.98 Å². The van der Waals surface area contributed by atoms with Crippen LogP contribution in [0.5, 0.6) is 5.75 Å². The number of ether oxygens (including phenoxy) is 1. The maximum atomic E-state index is 12.7. The highest BCUT2D eigenvalue weighted by Crippen LogP contribution is 2.32. The van der Waals surface area contributed by atoms with Gasteiger partial charge in [-0.05, 0) is 37.1 Å². The number of nitro benzene ring substituents is 1. The highest BCUT2D eigenvalue weighted by atomic mass is 16.6. The Bertz CT molecular complexity index is 1130. The predicted octanol–water partition coefficient (Wildman–Crippen LogP) is 3.65. The van der Waals surface area contributed by atoms with Crippen LogP contribution in [0.25, 0.3) is 0 Å². The fraction of sp³-hybridized carbons (Fsp3) is 0.304. The quantitative estimate of drug-likeness (QED) is 0.343. The van der Waals surface area contributed by atoms with Gasteiger partial charge in [0.25, 0.3) is 5.69 Å². The summed E-state index contributed by atoms with van der Waals surface area (Å²) in [6, 6.07) is 12.7. The average Bonchev–Trinajstić information content (AvgIpc) is 3.24. The minimum atomic E-state index is -0.425. The van der Waals surface area contributed by atoms with Crippen molar-refractivity contribution in [3.63, 3.8) is 0 Å². The summed E-state index contributed by atoms with van der Waals surface area (Å²) < 4.78 is 6.87. The molecular weight excluding hydrogens is 410 g/mol. The third-order valence-corrected chi connectivity index (χ3v) is 5.73. The molecule has 0 unspecified atom stereocenters. The van der Waals surface area contributed by atoms with Crippen LogP contribution in [-0.2, 0) is 7.05 Å². The van der Waals surface area contributed by atoms with Crippen molar-refractivity contribution in [3.05, 3.63) is 76.4 Å². The van der Waals surface area contributed by atoms with Crippen LogP contribution in [0, 0.1) is 10.1 Å². The third kappa shape index (κ3) is 4.41. The van der Waals surface area contributed by atoms with Gasteiger partial charge in [0, 0.05) is 62.0 Å². The van der Waals surface area contributed by atoms with E-state index < -0.39 is 4.92 Å². The van der Waals surface area contributed by atoms with Gasteiger partial charge in [0.05, 0.1) is 12.0 Å². The molecule has 0 saturated carbocycles. The summed E-state index contributed by atoms with van der Waals surface area (Å²) in [4.78, 5) is 30.1. The first-order valence-corrected chi connectivity index (χ1v) is 10.4. The monoisotopic (exact) mass is 435 g/mol. The molecule has 0 amide bonds. The molecule has 0 aliphatic carbocycles. The van der Waals surface area contributed by atoms with Crippen molar-refractivity contribution in [1.29, 1.82) is 0 Å². The Balaban J connectivity index is 1.47. The zero-order chi connectivity index (χ0) is 22.7. The zero-order valence-corrected chi connectivity index (χ0v) is 18.0. The molecule has 1 saturated heterocycles. The number of nitrogens with one attached hydrogen (secondary N) is 1. The number of aromatic nitrogens is 2. The molecule has 9 nitrogen and oxygen atoms in total. The Kier molecular flexibility index (Phi) is 6.07. The first-order valence-electron chi connectivity index (χ1n) is 10.4. The van der Waals surface area contributed by atoms with E-state index in [1.165, 1.54) is 12.3 Å². The maximum Gasteiger partial charge on any atom is 0.293 e. The van der Waals surface area contributed by atoms with Gasteiger partial charge in [0.1, 0.15) is 11.4 Å². The first kappa shape index (κ1) is 21.4. The Morgan fingerprint density at radius 2 is 2.00 bits per heavy atom. The van der Waals surface area contributed by atoms with Crippen molar-refractivity contribution in [2.75, 3.05) is 30.4 Å². The number of carbonyl (C=O) groups excluding carboxylic acids is 1. The Morgan fingerprint density at radius 1 is 1.22 bits per heavy atom. The van der Waals surface area contributed by atoms with Crippen molar-refractivity contribution in [2.24, 2.45) is 7.05 Å². The summed E-state index contributed by atoms with van der Waals surface area (Å²) in [7, 11) is 3.35. The average molecular weight is 435 g/mol. The van der Waals surface area contributed by atoms with E-state index in [2.05, 4.69) is 10.3 Å². The molecule has 166 valence electrons. The van der Waals surface area contributed by atoms with Crippen LogP contribution in [-0.4, -0.2) is 46.5 Å². The lowest BCUT2D eigenvalue weighted by atomic mass is 10.0. The lowest BCUT2D eigenvalue weighted by molar-refractivity contribution is -0.384. The van der Waals surface area contributed by atoms with Crippen molar-refractivity contribution in [2.45, 2.75) is 18.9 Å². The fourth-order valence-corrected chi connectivity index (χ4v) is 4.01. The van der Waals surface area contributed by atoms with Crippen LogP contribution >= 0.6 is 0 Å². The molecule has 0 spiro atoms. The number of hydrogen-bond donors (Lipinski definition) is 1. The topological polar surface area (TPSA) is 103 Å². The van der Waals surface area contributed by atoms with Crippen LogP contribution in [0.15, 0.2) is 54.9 Å². The molecule has 4 rings (SSSR count). The molecule has 1 aliphatic heterocycles. The van der Waals surface area contributed by atoms with E-state index in [0.717, 1.165) is 24.3 Å². The van der Waals surface area contributed by atoms with Gasteiger partial charge < -0.3 is 19.5 Å². The van der Waals surface area contributed by atoms with E-state index in [1.54, 1.807) is 37.1 Å². The molecule has 2 heterocycles. The number of rotatable bonds is 7. The number of benzene rings is 2. The van der Waals surface area contributed by atoms with Crippen molar-refractivity contribution < 1.29 is 14.5 Å². The largest absolute Gasteiger partial charge is 0.497 e. The highest BCUT2D eigenvalue weighted by molar-refractivity contribution is 6.07. The van der Waals surface area contributed by atoms with E-state index >= 15 is 0 Å². The van der Waals surface area contributed by atoms with E-state index in [1.807, 2.05) is 29.2 Å². The Hall–Kier alpha value is -3.88. The number of ketones is 1. The number of anilines is 2. The summed E-state index contributed by atoms with van der Waals surface area (Å²) >= 11 is 0. The number of nitro groups is 1. The number of imidazole rings is 1. The minimum Gasteiger partial charge on any atom is -0.497 e. The molecule has 1 aromatic heterocycles. The zero-order valence-electron chi connectivity index (χ0n) is 18.0. The summed E-state index contributed by atoms with van der Waals surface area (Å²) in [5.74, 6) is 0.702. The maximum absolute atomic E-state index is 12.7. The summed E-state index contributed by atoms with van der Waals surface area (Å²) in [6.45, 7) is 1.35. The normalized spacial score (nSPS) is 14.2. The van der Waals surface area contributed by atoms with Crippen LogP contribution < -0.4 is 15.0 Å². The summed E-state index contributed by atoms with van der Waals surface area (Å²) in [6.07, 6.45) is 4.87. The molecule has 3 aromatic rings. The number of nitrogens with zero attached hydrogens (tertiary/aromatic N) is 4. The van der Waals surface area contributed by atoms with E-state index in [-0.39, 0.29) is 28.9 Å².